The van der Waals surface area contributed by atoms with Crippen LogP contribution in [0.15, 0.2) is 36.5 Å². The number of ether oxygens (including phenoxy) is 1. The van der Waals surface area contributed by atoms with Gasteiger partial charge in [-0.1, -0.05) is 29.3 Å². The average Bonchev–Trinajstić information content (AvgIpc) is 3.21. The molecule has 1 saturated heterocycles. The molecule has 0 amide bonds. The van der Waals surface area contributed by atoms with Crippen molar-refractivity contribution in [2.45, 2.75) is 45.9 Å². The summed E-state index contributed by atoms with van der Waals surface area (Å²) in [6.07, 6.45) is 3.77. The smallest absolute Gasteiger partial charge is 0.225 e. The zero-order valence-corrected chi connectivity index (χ0v) is 22.6. The fraction of sp³-hybridized carbons (Fsp3) is 0.370. The van der Waals surface area contributed by atoms with Crippen molar-refractivity contribution in [3.63, 3.8) is 0 Å². The highest BCUT2D eigenvalue weighted by Gasteiger charge is 2.24. The maximum Gasteiger partial charge on any atom is 0.225 e. The first-order valence-electron chi connectivity index (χ1n) is 12.6. The Morgan fingerprint density at radius 2 is 1.92 bits per heavy atom. The summed E-state index contributed by atoms with van der Waals surface area (Å²) in [5, 5.41) is 7.40. The van der Waals surface area contributed by atoms with Crippen molar-refractivity contribution in [2.75, 3.05) is 18.4 Å². The van der Waals surface area contributed by atoms with Crippen molar-refractivity contribution in [3.05, 3.63) is 63.8 Å². The number of nitrogens with zero attached hydrogens (tertiary/aromatic N) is 4. The maximum atomic E-state index is 13.6. The lowest BCUT2D eigenvalue weighted by molar-refractivity contribution is 0.242. The van der Waals surface area contributed by atoms with Crippen LogP contribution < -0.4 is 15.4 Å². The maximum absolute atomic E-state index is 13.6. The highest BCUT2D eigenvalue weighted by atomic mass is 35.5. The minimum atomic E-state index is -0.900. The molecule has 3 heterocycles. The lowest BCUT2D eigenvalue weighted by Crippen LogP contribution is -2.32. The van der Waals surface area contributed by atoms with Crippen LogP contribution in [-0.2, 0) is 13.1 Å². The quantitative estimate of drug-likeness (QED) is 0.257. The SMILES string of the molecule is CC(C)Oc1cc(Cl)c(-c2nc3cnc(NCc4ccc(F)c(F)c4)nc3n2C[C@@H]2CCCNC2)c(Cl)c1. The van der Waals surface area contributed by atoms with Gasteiger partial charge >= 0.3 is 0 Å². The third-order valence-corrected chi connectivity index (χ3v) is 6.97. The monoisotopic (exact) mass is 560 g/mol. The van der Waals surface area contributed by atoms with Crippen molar-refractivity contribution >= 4 is 40.3 Å². The van der Waals surface area contributed by atoms with Gasteiger partial charge in [0.2, 0.25) is 5.95 Å². The molecule has 7 nitrogen and oxygen atoms in total. The van der Waals surface area contributed by atoms with Gasteiger partial charge in [-0.05, 0) is 75.5 Å². The van der Waals surface area contributed by atoms with Crippen molar-refractivity contribution in [3.8, 4) is 17.1 Å². The van der Waals surface area contributed by atoms with E-state index in [0.29, 0.717) is 62.3 Å². The Morgan fingerprint density at radius 1 is 1.13 bits per heavy atom. The molecule has 1 atom stereocenters. The van der Waals surface area contributed by atoms with Crippen molar-refractivity contribution in [1.29, 1.82) is 0 Å². The van der Waals surface area contributed by atoms with E-state index in [4.69, 9.17) is 37.9 Å². The molecule has 0 unspecified atom stereocenters. The van der Waals surface area contributed by atoms with Crippen LogP contribution in [0.3, 0.4) is 0 Å². The van der Waals surface area contributed by atoms with Crippen LogP contribution in [0.5, 0.6) is 5.75 Å². The predicted octanol–water partition coefficient (Wildman–Crippen LogP) is 6.48. The van der Waals surface area contributed by atoms with Crippen LogP contribution in [0.25, 0.3) is 22.6 Å². The molecular formula is C27H28Cl2F2N6O. The number of aromatic nitrogens is 4. The first kappa shape index (κ1) is 26.6. The summed E-state index contributed by atoms with van der Waals surface area (Å²) in [4.78, 5) is 14.0. The normalized spacial score (nSPS) is 15.8. The molecule has 0 bridgehead atoms. The molecule has 0 spiro atoms. The van der Waals surface area contributed by atoms with Crippen molar-refractivity contribution in [2.24, 2.45) is 5.92 Å². The Balaban J connectivity index is 1.53. The highest BCUT2D eigenvalue weighted by molar-refractivity contribution is 6.39. The van der Waals surface area contributed by atoms with Gasteiger partial charge in [-0.3, -0.25) is 0 Å². The Hall–Kier alpha value is -3.01. The van der Waals surface area contributed by atoms with Gasteiger partial charge in [0.25, 0.3) is 0 Å². The number of rotatable bonds is 8. The van der Waals surface area contributed by atoms with E-state index in [9.17, 15) is 8.78 Å². The Morgan fingerprint density at radius 3 is 2.61 bits per heavy atom. The van der Waals surface area contributed by atoms with E-state index in [1.54, 1.807) is 18.3 Å². The second-order valence-corrected chi connectivity index (χ2v) is 10.5. The first-order chi connectivity index (χ1) is 18.3. The zero-order valence-electron chi connectivity index (χ0n) is 21.1. The average molecular weight is 561 g/mol. The van der Waals surface area contributed by atoms with Gasteiger partial charge in [-0.25, -0.2) is 18.7 Å². The number of piperidine rings is 1. The van der Waals surface area contributed by atoms with E-state index in [1.807, 2.05) is 18.4 Å². The summed E-state index contributed by atoms with van der Waals surface area (Å²) in [5.41, 5.74) is 2.39. The number of anilines is 1. The Kier molecular flexibility index (Phi) is 7.97. The van der Waals surface area contributed by atoms with Crippen LogP contribution in [0.2, 0.25) is 10.0 Å². The van der Waals surface area contributed by atoms with Gasteiger partial charge in [0.15, 0.2) is 17.3 Å². The van der Waals surface area contributed by atoms with Crippen LogP contribution in [0.1, 0.15) is 32.3 Å². The largest absolute Gasteiger partial charge is 0.491 e. The highest BCUT2D eigenvalue weighted by Crippen LogP contribution is 2.39. The lowest BCUT2D eigenvalue weighted by Gasteiger charge is -2.24. The summed E-state index contributed by atoms with van der Waals surface area (Å²) in [6.45, 7) is 6.65. The van der Waals surface area contributed by atoms with E-state index < -0.39 is 11.6 Å². The number of fused-ring (bicyclic) bond motifs is 1. The molecule has 0 aliphatic carbocycles. The van der Waals surface area contributed by atoms with Crippen LogP contribution >= 0.6 is 23.2 Å². The molecule has 11 heteroatoms. The molecule has 1 fully saturated rings. The van der Waals surface area contributed by atoms with E-state index >= 15 is 0 Å². The van der Waals surface area contributed by atoms with E-state index in [1.165, 1.54) is 6.07 Å². The third-order valence-electron chi connectivity index (χ3n) is 6.37. The number of nitrogens with one attached hydrogen (secondary N) is 2. The number of imidazole rings is 1. The summed E-state index contributed by atoms with van der Waals surface area (Å²) in [6, 6.07) is 7.25. The lowest BCUT2D eigenvalue weighted by atomic mass is 9.99. The van der Waals surface area contributed by atoms with Crippen LogP contribution in [-0.4, -0.2) is 38.7 Å². The molecule has 0 saturated carbocycles. The van der Waals surface area contributed by atoms with Crippen molar-refractivity contribution in [1.82, 2.24) is 24.8 Å². The number of hydrogen-bond donors (Lipinski definition) is 2. The minimum absolute atomic E-state index is 0.0241. The van der Waals surface area contributed by atoms with Gasteiger partial charge in [0.05, 0.1) is 27.9 Å². The zero-order chi connectivity index (χ0) is 26.8. The van der Waals surface area contributed by atoms with Gasteiger partial charge in [0.1, 0.15) is 17.1 Å². The fourth-order valence-electron chi connectivity index (χ4n) is 4.64. The standard InChI is InChI=1S/C27H28Cl2F2N6O/c1-15(2)38-18-9-19(28)24(20(29)10-18)26-35-23-13-34-27(33-12-16-5-6-21(30)22(31)8-16)36-25(23)37(26)14-17-4-3-7-32-11-17/h5-6,8-10,13,15,17,32H,3-4,7,11-12,14H2,1-2H3,(H,33,34,36)/t17-/m1/s1. The molecule has 1 aliphatic rings. The van der Waals surface area contributed by atoms with E-state index in [2.05, 4.69) is 15.6 Å². The van der Waals surface area contributed by atoms with Crippen LogP contribution in [0.4, 0.5) is 14.7 Å². The molecule has 2 N–H and O–H groups in total. The molecule has 38 heavy (non-hydrogen) atoms. The summed E-state index contributed by atoms with van der Waals surface area (Å²) in [7, 11) is 0. The molecule has 200 valence electrons. The molecular weight excluding hydrogens is 533 g/mol. The number of hydrogen-bond acceptors (Lipinski definition) is 6. The van der Waals surface area contributed by atoms with E-state index in [-0.39, 0.29) is 12.6 Å². The molecule has 2 aromatic heterocycles. The second kappa shape index (κ2) is 11.4. The van der Waals surface area contributed by atoms with Crippen molar-refractivity contribution < 1.29 is 13.5 Å². The third kappa shape index (κ3) is 5.85. The molecule has 4 aromatic rings. The van der Waals surface area contributed by atoms with Gasteiger partial charge < -0.3 is 19.9 Å². The molecule has 2 aromatic carbocycles. The fourth-order valence-corrected chi connectivity index (χ4v) is 5.28. The molecule has 1 aliphatic heterocycles. The summed E-state index contributed by atoms with van der Waals surface area (Å²) >= 11 is 13.5. The van der Waals surface area contributed by atoms with E-state index in [0.717, 1.165) is 38.1 Å². The van der Waals surface area contributed by atoms with Crippen LogP contribution in [0, 0.1) is 17.6 Å². The second-order valence-electron chi connectivity index (χ2n) is 9.69. The number of benzene rings is 2. The number of halogens is 4. The topological polar surface area (TPSA) is 76.9 Å². The Labute approximate surface area is 229 Å². The predicted molar refractivity (Wildman–Crippen MR) is 146 cm³/mol. The Bertz CT molecular complexity index is 1430. The summed E-state index contributed by atoms with van der Waals surface area (Å²) < 4.78 is 34.7. The van der Waals surface area contributed by atoms with Gasteiger partial charge in [0, 0.05) is 13.1 Å². The van der Waals surface area contributed by atoms with Gasteiger partial charge in [-0.2, -0.15) is 4.98 Å². The minimum Gasteiger partial charge on any atom is -0.491 e. The van der Waals surface area contributed by atoms with Gasteiger partial charge in [-0.15, -0.1) is 0 Å². The first-order valence-corrected chi connectivity index (χ1v) is 13.3. The molecule has 0 radical (unpaired) electrons. The molecule has 5 rings (SSSR count). The summed E-state index contributed by atoms with van der Waals surface area (Å²) in [5.74, 6) is 0.110.